The second kappa shape index (κ2) is 11.1. The molecule has 0 atom stereocenters. The van der Waals surface area contributed by atoms with Gasteiger partial charge in [0.05, 0.1) is 12.8 Å². The normalized spacial score (nSPS) is 12.8. The van der Waals surface area contributed by atoms with E-state index in [4.69, 9.17) is 11.6 Å². The Bertz CT molecular complexity index is 891. The minimum absolute atomic E-state index is 0.203. The quantitative estimate of drug-likeness (QED) is 0.262. The van der Waals surface area contributed by atoms with Gasteiger partial charge in [0.25, 0.3) is 0 Å². The summed E-state index contributed by atoms with van der Waals surface area (Å²) in [5.41, 5.74) is 2.61. The summed E-state index contributed by atoms with van der Waals surface area (Å²) in [5, 5.41) is 0.248. The lowest BCUT2D eigenvalue weighted by molar-refractivity contribution is 0.494. The summed E-state index contributed by atoms with van der Waals surface area (Å²) in [5.74, 6) is 0. The summed E-state index contributed by atoms with van der Waals surface area (Å²) in [7, 11) is -3.54. The molecule has 0 radical (unpaired) electrons. The van der Waals surface area contributed by atoms with Crippen LogP contribution in [0.1, 0.15) is 43.7 Å². The summed E-state index contributed by atoms with van der Waals surface area (Å²) in [6.07, 6.45) is 9.27. The van der Waals surface area contributed by atoms with Crippen LogP contribution in [0.4, 0.5) is 0 Å². The highest BCUT2D eigenvalue weighted by Crippen LogP contribution is 2.30. The van der Waals surface area contributed by atoms with Gasteiger partial charge in [-0.3, -0.25) is 4.31 Å². The molecule has 0 aliphatic heterocycles. The molecular weight excluding hydrogens is 390 g/mol. The molecule has 2 rings (SSSR count). The third-order valence-electron chi connectivity index (χ3n) is 4.37. The first kappa shape index (κ1) is 22.3. The van der Waals surface area contributed by atoms with Gasteiger partial charge in [0.1, 0.15) is 5.16 Å². The van der Waals surface area contributed by atoms with Gasteiger partial charge in [-0.25, -0.2) is 8.42 Å². The number of allylic oxidation sites excluding steroid dienone is 3. The molecule has 0 aromatic heterocycles. The summed E-state index contributed by atoms with van der Waals surface area (Å²) < 4.78 is 26.3. The molecule has 2 aromatic rings. The van der Waals surface area contributed by atoms with Crippen LogP contribution < -0.4 is 0 Å². The molecule has 0 saturated heterocycles. The van der Waals surface area contributed by atoms with E-state index in [9.17, 15) is 8.42 Å². The Labute approximate surface area is 174 Å². The van der Waals surface area contributed by atoms with Crippen LogP contribution in [0.2, 0.25) is 0 Å². The van der Waals surface area contributed by atoms with Gasteiger partial charge in [-0.1, -0.05) is 104 Å². The Morgan fingerprint density at radius 3 is 2.18 bits per heavy atom. The number of hydrogen-bond donors (Lipinski definition) is 0. The van der Waals surface area contributed by atoms with Gasteiger partial charge in [0.2, 0.25) is 10.0 Å². The molecule has 0 heterocycles. The van der Waals surface area contributed by atoms with Crippen LogP contribution in [0, 0.1) is 0 Å². The molecule has 0 N–H and O–H groups in total. The third-order valence-corrected chi connectivity index (χ3v) is 6.02. The van der Waals surface area contributed by atoms with Crippen LogP contribution in [0.3, 0.4) is 0 Å². The predicted octanol–water partition coefficient (Wildman–Crippen LogP) is 6.19. The van der Waals surface area contributed by atoms with Gasteiger partial charge in [-0.15, -0.1) is 0 Å². The molecule has 0 bridgehead atoms. The largest absolute Gasteiger partial charge is 0.255 e. The first-order valence-corrected chi connectivity index (χ1v) is 11.8. The van der Waals surface area contributed by atoms with E-state index in [-0.39, 0.29) is 11.7 Å². The molecule has 3 nitrogen and oxygen atoms in total. The maximum absolute atomic E-state index is 12.5. The number of nitrogens with zero attached hydrogens (tertiary/aromatic N) is 1. The van der Waals surface area contributed by atoms with E-state index in [1.165, 1.54) is 10.6 Å². The second-order valence-electron chi connectivity index (χ2n) is 6.71. The summed E-state index contributed by atoms with van der Waals surface area (Å²) >= 11 is 6.71. The van der Waals surface area contributed by atoms with Gasteiger partial charge >= 0.3 is 0 Å². The van der Waals surface area contributed by atoms with Gasteiger partial charge in [-0.2, -0.15) is 0 Å². The number of rotatable bonds is 10. The number of benzene rings is 2. The summed E-state index contributed by atoms with van der Waals surface area (Å²) in [6, 6.07) is 19.2. The van der Waals surface area contributed by atoms with Crippen molar-refractivity contribution in [3.63, 3.8) is 0 Å². The Hall–Kier alpha value is -2.04. The zero-order valence-corrected chi connectivity index (χ0v) is 18.1. The van der Waals surface area contributed by atoms with Crippen LogP contribution in [0.25, 0.3) is 5.57 Å². The van der Waals surface area contributed by atoms with Crippen LogP contribution in [-0.2, 0) is 16.6 Å². The van der Waals surface area contributed by atoms with Crippen LogP contribution in [-0.4, -0.2) is 19.0 Å². The second-order valence-corrected chi connectivity index (χ2v) is 8.97. The Kier molecular flexibility index (Phi) is 8.81. The first-order chi connectivity index (χ1) is 13.4. The molecule has 150 valence electrons. The number of unbranched alkanes of at least 4 members (excludes halogenated alkanes) is 2. The monoisotopic (exact) mass is 417 g/mol. The number of sulfonamides is 1. The number of halogens is 1. The molecule has 0 fully saturated rings. The Morgan fingerprint density at radius 2 is 1.61 bits per heavy atom. The maximum Gasteiger partial charge on any atom is 0.233 e. The van der Waals surface area contributed by atoms with Gasteiger partial charge in [0.15, 0.2) is 0 Å². The zero-order valence-electron chi connectivity index (χ0n) is 16.5. The van der Waals surface area contributed by atoms with Crippen molar-refractivity contribution in [1.82, 2.24) is 4.31 Å². The molecule has 0 spiro atoms. The van der Waals surface area contributed by atoms with E-state index in [2.05, 4.69) is 19.1 Å². The number of hydrogen-bond acceptors (Lipinski definition) is 2. The fraction of sp³-hybridized carbons (Fsp3) is 0.304. The van der Waals surface area contributed by atoms with Crippen LogP contribution in [0.15, 0.2) is 78.0 Å². The molecule has 0 unspecified atom stereocenters. The zero-order chi connectivity index (χ0) is 20.4. The van der Waals surface area contributed by atoms with E-state index in [0.29, 0.717) is 6.42 Å². The smallest absolute Gasteiger partial charge is 0.233 e. The average molecular weight is 418 g/mol. The highest BCUT2D eigenvalue weighted by Gasteiger charge is 2.22. The molecule has 2 aromatic carbocycles. The summed E-state index contributed by atoms with van der Waals surface area (Å²) in [6.45, 7) is 2.36. The molecular formula is C23H28ClNO2S. The molecule has 0 aliphatic rings. The van der Waals surface area contributed by atoms with Gasteiger partial charge in [0, 0.05) is 0 Å². The van der Waals surface area contributed by atoms with Crippen molar-refractivity contribution in [2.45, 2.75) is 39.2 Å². The fourth-order valence-corrected chi connectivity index (χ4v) is 4.24. The van der Waals surface area contributed by atoms with Crippen molar-refractivity contribution in [3.8, 4) is 0 Å². The van der Waals surface area contributed by atoms with Gasteiger partial charge < -0.3 is 0 Å². The van der Waals surface area contributed by atoms with E-state index in [1.54, 1.807) is 0 Å². The van der Waals surface area contributed by atoms with Crippen LogP contribution in [0.5, 0.6) is 0 Å². The molecule has 0 saturated carbocycles. The minimum atomic E-state index is -3.54. The van der Waals surface area contributed by atoms with Crippen molar-refractivity contribution >= 4 is 27.2 Å². The predicted molar refractivity (Wildman–Crippen MR) is 119 cm³/mol. The highest BCUT2D eigenvalue weighted by molar-refractivity contribution is 7.88. The lowest BCUT2D eigenvalue weighted by atomic mass is 10.0. The van der Waals surface area contributed by atoms with E-state index in [0.717, 1.165) is 36.0 Å². The molecule has 28 heavy (non-hydrogen) atoms. The van der Waals surface area contributed by atoms with Crippen molar-refractivity contribution in [1.29, 1.82) is 0 Å². The van der Waals surface area contributed by atoms with Crippen molar-refractivity contribution in [3.05, 3.63) is 89.1 Å². The molecule has 5 heteroatoms. The SMILES string of the molecule is CCCC/C=C/C/C(=C(\Cl)N(Cc1ccccc1)S(C)(=O)=O)c1ccccc1. The Morgan fingerprint density at radius 1 is 1.00 bits per heavy atom. The molecule has 0 aliphatic carbocycles. The lowest BCUT2D eigenvalue weighted by Gasteiger charge is -2.24. The summed E-state index contributed by atoms with van der Waals surface area (Å²) in [4.78, 5) is 0. The topological polar surface area (TPSA) is 37.4 Å². The standard InChI is InChI=1S/C23H28ClNO2S/c1-3-4-5-6-13-18-22(21-16-11-8-12-17-21)23(24)25(28(2,26)27)19-20-14-9-7-10-15-20/h6-17H,3-5,18-19H2,1-2H3/b13-6+,23-22-. The Balaban J connectivity index is 2.42. The van der Waals surface area contributed by atoms with Gasteiger partial charge in [-0.05, 0) is 29.5 Å². The average Bonchev–Trinajstić information content (AvgIpc) is 2.69. The maximum atomic E-state index is 12.5. The van der Waals surface area contributed by atoms with E-state index < -0.39 is 10.0 Å². The fourth-order valence-electron chi connectivity index (χ4n) is 2.83. The third kappa shape index (κ3) is 6.84. The minimum Gasteiger partial charge on any atom is -0.255 e. The van der Waals surface area contributed by atoms with Crippen LogP contribution >= 0.6 is 11.6 Å². The highest BCUT2D eigenvalue weighted by atomic mass is 35.5. The van der Waals surface area contributed by atoms with E-state index in [1.807, 2.05) is 60.7 Å². The van der Waals surface area contributed by atoms with Crippen molar-refractivity contribution in [2.24, 2.45) is 0 Å². The first-order valence-electron chi connectivity index (χ1n) is 9.54. The van der Waals surface area contributed by atoms with Crippen molar-refractivity contribution in [2.75, 3.05) is 6.26 Å². The van der Waals surface area contributed by atoms with E-state index >= 15 is 0 Å². The lowest BCUT2D eigenvalue weighted by Crippen LogP contribution is -2.27. The molecule has 0 amide bonds. The van der Waals surface area contributed by atoms with Crippen molar-refractivity contribution < 1.29 is 8.42 Å².